The zero-order valence-corrected chi connectivity index (χ0v) is 34.0. The molecule has 1 aliphatic heterocycles. The molecule has 0 atom stereocenters. The van der Waals surface area contributed by atoms with Gasteiger partial charge in [0.2, 0.25) is 0 Å². The average molecular weight is 749 g/mol. The lowest BCUT2D eigenvalue weighted by Crippen LogP contribution is -2.24. The van der Waals surface area contributed by atoms with Gasteiger partial charge in [-0.25, -0.2) is 15.0 Å². The first kappa shape index (κ1) is 36.2. The van der Waals surface area contributed by atoms with Gasteiger partial charge < -0.3 is 14.5 Å². The van der Waals surface area contributed by atoms with Crippen molar-refractivity contribution < 1.29 is 4.74 Å². The number of fused-ring (bicyclic) bond motifs is 4. The first-order valence-electron chi connectivity index (χ1n) is 19.7. The van der Waals surface area contributed by atoms with Crippen LogP contribution < -0.4 is 14.5 Å². The van der Waals surface area contributed by atoms with Gasteiger partial charge in [-0.05, 0) is 119 Å². The molecular formula is C50H48N6O. The van der Waals surface area contributed by atoms with Crippen LogP contribution in [0.25, 0.3) is 38.8 Å². The van der Waals surface area contributed by atoms with Crippen molar-refractivity contribution in [3.63, 3.8) is 0 Å². The highest BCUT2D eigenvalue weighted by Gasteiger charge is 2.30. The summed E-state index contributed by atoms with van der Waals surface area (Å²) in [6, 6.07) is 40.4. The molecule has 0 fully saturated rings. The van der Waals surface area contributed by atoms with Gasteiger partial charge in [0.15, 0.2) is 5.82 Å². The monoisotopic (exact) mass is 748 g/mol. The van der Waals surface area contributed by atoms with Crippen LogP contribution in [0, 0.1) is 13.8 Å². The molecule has 0 bridgehead atoms. The molecule has 9 rings (SSSR count). The predicted octanol–water partition coefficient (Wildman–Crippen LogP) is 12.9. The number of nitrogens with zero attached hydrogens (tertiary/aromatic N) is 6. The SMILES string of the molecule is Cc1cc(C(C)(C)C)cc(C)c1-c1ccc(N2CN(c3cccc(Oc4ccc5c6ccccc6n(-c6cc(C(C)(C)C)ccn6)c5c4)c3)c3ncccc32)nc1. The lowest BCUT2D eigenvalue weighted by Gasteiger charge is -2.23. The summed E-state index contributed by atoms with van der Waals surface area (Å²) in [4.78, 5) is 19.1. The Kier molecular flexibility index (Phi) is 8.65. The number of aromatic nitrogens is 4. The molecule has 5 heterocycles. The van der Waals surface area contributed by atoms with Crippen molar-refractivity contribution in [2.24, 2.45) is 0 Å². The molecule has 0 unspecified atom stereocenters. The van der Waals surface area contributed by atoms with Crippen LogP contribution in [0.15, 0.2) is 134 Å². The topological polar surface area (TPSA) is 59.3 Å². The average Bonchev–Trinajstić information content (AvgIpc) is 3.74. The minimum atomic E-state index is -0.00292. The van der Waals surface area contributed by atoms with E-state index in [-0.39, 0.29) is 10.8 Å². The highest BCUT2D eigenvalue weighted by atomic mass is 16.5. The van der Waals surface area contributed by atoms with Gasteiger partial charge in [-0.1, -0.05) is 77.9 Å². The summed E-state index contributed by atoms with van der Waals surface area (Å²) in [7, 11) is 0. The van der Waals surface area contributed by atoms with Gasteiger partial charge in [0.25, 0.3) is 0 Å². The second kappa shape index (κ2) is 13.6. The summed E-state index contributed by atoms with van der Waals surface area (Å²) < 4.78 is 8.89. The molecule has 0 saturated carbocycles. The first-order chi connectivity index (χ1) is 27.3. The highest BCUT2D eigenvalue weighted by molar-refractivity contribution is 6.09. The lowest BCUT2D eigenvalue weighted by atomic mass is 9.83. The Hall–Kier alpha value is -6.47. The van der Waals surface area contributed by atoms with Gasteiger partial charge in [-0.2, -0.15) is 0 Å². The van der Waals surface area contributed by atoms with Crippen LogP contribution in [0.4, 0.5) is 23.0 Å². The van der Waals surface area contributed by atoms with E-state index >= 15 is 0 Å². The largest absolute Gasteiger partial charge is 0.457 e. The number of ether oxygens (including phenoxy) is 1. The molecule has 0 aliphatic carbocycles. The second-order valence-corrected chi connectivity index (χ2v) is 17.3. The van der Waals surface area contributed by atoms with Crippen LogP contribution in [0.3, 0.4) is 0 Å². The molecule has 0 spiro atoms. The molecule has 57 heavy (non-hydrogen) atoms. The van der Waals surface area contributed by atoms with Crippen molar-refractivity contribution in [3.8, 4) is 28.4 Å². The Balaban J connectivity index is 1.02. The zero-order chi connectivity index (χ0) is 39.6. The number of hydrogen-bond donors (Lipinski definition) is 0. The summed E-state index contributed by atoms with van der Waals surface area (Å²) in [5.41, 5.74) is 11.7. The Bertz CT molecular complexity index is 2780. The minimum absolute atomic E-state index is 0.00292. The molecule has 8 aromatic rings. The van der Waals surface area contributed by atoms with E-state index in [2.05, 4.69) is 167 Å². The normalized spacial score (nSPS) is 13.1. The van der Waals surface area contributed by atoms with E-state index in [1.54, 1.807) is 0 Å². The summed E-state index contributed by atoms with van der Waals surface area (Å²) in [6.45, 7) is 18.4. The number of aryl methyl sites for hydroxylation is 2. The van der Waals surface area contributed by atoms with Crippen molar-refractivity contribution in [3.05, 3.63) is 156 Å². The van der Waals surface area contributed by atoms with Crippen LogP contribution in [-0.4, -0.2) is 26.2 Å². The number of anilines is 4. The second-order valence-electron chi connectivity index (χ2n) is 17.3. The van der Waals surface area contributed by atoms with Gasteiger partial charge >= 0.3 is 0 Å². The summed E-state index contributed by atoms with van der Waals surface area (Å²) in [5, 5.41) is 2.33. The fourth-order valence-corrected chi connectivity index (χ4v) is 8.16. The molecular weight excluding hydrogens is 701 g/mol. The Morgan fingerprint density at radius 2 is 1.32 bits per heavy atom. The zero-order valence-electron chi connectivity index (χ0n) is 34.0. The highest BCUT2D eigenvalue weighted by Crippen LogP contribution is 2.44. The van der Waals surface area contributed by atoms with Crippen molar-refractivity contribution in [2.75, 3.05) is 16.5 Å². The van der Waals surface area contributed by atoms with Gasteiger partial charge in [-0.3, -0.25) is 4.57 Å². The third-order valence-corrected chi connectivity index (χ3v) is 11.2. The molecule has 0 saturated heterocycles. The lowest BCUT2D eigenvalue weighted by molar-refractivity contribution is 0.483. The quantitative estimate of drug-likeness (QED) is 0.169. The fraction of sp³-hybridized carbons (Fsp3) is 0.220. The van der Waals surface area contributed by atoms with Gasteiger partial charge in [0.05, 0.1) is 16.7 Å². The molecule has 0 amide bonds. The Labute approximate surface area is 335 Å². The number of para-hydroxylation sites is 1. The third kappa shape index (κ3) is 6.57. The van der Waals surface area contributed by atoms with Crippen LogP contribution >= 0.6 is 0 Å². The number of pyridine rings is 3. The van der Waals surface area contributed by atoms with Crippen LogP contribution in [0.2, 0.25) is 0 Å². The Morgan fingerprint density at radius 1 is 0.561 bits per heavy atom. The van der Waals surface area contributed by atoms with E-state index in [9.17, 15) is 0 Å². The molecule has 7 nitrogen and oxygen atoms in total. The van der Waals surface area contributed by atoms with Crippen molar-refractivity contribution in [2.45, 2.75) is 66.2 Å². The van der Waals surface area contributed by atoms with E-state index in [0.29, 0.717) is 6.67 Å². The predicted molar refractivity (Wildman–Crippen MR) is 235 cm³/mol. The van der Waals surface area contributed by atoms with E-state index in [1.165, 1.54) is 33.2 Å². The fourth-order valence-electron chi connectivity index (χ4n) is 8.16. The molecule has 4 aromatic heterocycles. The maximum Gasteiger partial charge on any atom is 0.158 e. The van der Waals surface area contributed by atoms with Crippen molar-refractivity contribution in [1.82, 2.24) is 19.5 Å². The molecule has 4 aromatic carbocycles. The number of benzene rings is 4. The molecule has 1 aliphatic rings. The van der Waals surface area contributed by atoms with Crippen molar-refractivity contribution >= 4 is 44.8 Å². The van der Waals surface area contributed by atoms with Gasteiger partial charge in [0, 0.05) is 52.7 Å². The summed E-state index contributed by atoms with van der Waals surface area (Å²) >= 11 is 0. The van der Waals surface area contributed by atoms with Gasteiger partial charge in [0.1, 0.15) is 29.8 Å². The van der Waals surface area contributed by atoms with E-state index in [0.717, 1.165) is 62.3 Å². The minimum Gasteiger partial charge on any atom is -0.457 e. The van der Waals surface area contributed by atoms with Crippen LogP contribution in [-0.2, 0) is 10.8 Å². The van der Waals surface area contributed by atoms with E-state index in [4.69, 9.17) is 19.7 Å². The standard InChI is InChI=1S/C50H48N6O/c1-32-25-36(50(6,7)8)26-33(2)47(32)34-18-21-45(53-30-34)55-31-54(48-43(55)17-12-23-52-48)37-13-11-14-38(28-37)57-39-19-20-41-40-15-9-10-16-42(40)56(44(41)29-39)46-27-35(22-24-51-46)49(3,4)5/h9-30H,31H2,1-8H3. The van der Waals surface area contributed by atoms with E-state index < -0.39 is 0 Å². The third-order valence-electron chi connectivity index (χ3n) is 11.2. The number of rotatable bonds is 6. The number of hydrogen-bond acceptors (Lipinski definition) is 6. The van der Waals surface area contributed by atoms with Crippen molar-refractivity contribution in [1.29, 1.82) is 0 Å². The summed E-state index contributed by atoms with van der Waals surface area (Å²) in [6.07, 6.45) is 5.76. The van der Waals surface area contributed by atoms with Crippen LogP contribution in [0.5, 0.6) is 11.5 Å². The first-order valence-corrected chi connectivity index (χ1v) is 19.7. The molecule has 7 heteroatoms. The maximum absolute atomic E-state index is 6.64. The molecule has 0 radical (unpaired) electrons. The Morgan fingerprint density at radius 3 is 2.07 bits per heavy atom. The summed E-state index contributed by atoms with van der Waals surface area (Å²) in [5.74, 6) is 4.13. The molecule has 284 valence electrons. The van der Waals surface area contributed by atoms with E-state index in [1.807, 2.05) is 36.8 Å². The van der Waals surface area contributed by atoms with Crippen LogP contribution in [0.1, 0.15) is 63.8 Å². The molecule has 0 N–H and O–H groups in total. The van der Waals surface area contributed by atoms with Gasteiger partial charge in [-0.15, -0.1) is 0 Å². The maximum atomic E-state index is 6.64. The smallest absolute Gasteiger partial charge is 0.158 e.